The van der Waals surface area contributed by atoms with Gasteiger partial charge in [0.15, 0.2) is 0 Å². The van der Waals surface area contributed by atoms with E-state index in [1.54, 1.807) is 0 Å². The summed E-state index contributed by atoms with van der Waals surface area (Å²) in [5.41, 5.74) is 2.56. The quantitative estimate of drug-likeness (QED) is 0.626. The number of carbonyl (C=O) groups is 3. The van der Waals surface area contributed by atoms with Crippen LogP contribution in [-0.4, -0.2) is 35.3 Å². The maximum absolute atomic E-state index is 11.9. The summed E-state index contributed by atoms with van der Waals surface area (Å²) in [5, 5.41) is 0. The van der Waals surface area contributed by atoms with Crippen molar-refractivity contribution in [2.24, 2.45) is 0 Å². The van der Waals surface area contributed by atoms with E-state index in [4.69, 9.17) is 4.74 Å². The van der Waals surface area contributed by atoms with Crippen LogP contribution in [0.1, 0.15) is 36.8 Å². The van der Waals surface area contributed by atoms with Crippen LogP contribution >= 0.6 is 0 Å². The predicted octanol–water partition coefficient (Wildman–Crippen LogP) is 1.63. The summed E-state index contributed by atoms with van der Waals surface area (Å²) in [6, 6.07) is 8.19. The number of benzene rings is 1. The van der Waals surface area contributed by atoms with Crippen LogP contribution in [0.25, 0.3) is 0 Å². The zero-order valence-electron chi connectivity index (χ0n) is 12.4. The molecule has 5 heteroatoms. The van der Waals surface area contributed by atoms with Crippen molar-refractivity contribution in [2.45, 2.75) is 44.6 Å². The molecule has 0 saturated carbocycles. The van der Waals surface area contributed by atoms with Gasteiger partial charge in [-0.05, 0) is 24.0 Å². The number of fused-ring (bicyclic) bond motifs is 1. The predicted molar refractivity (Wildman–Crippen MR) is 78.9 cm³/mol. The average molecular weight is 301 g/mol. The first kappa shape index (κ1) is 14.8. The largest absolute Gasteiger partial charge is 0.462 e. The summed E-state index contributed by atoms with van der Waals surface area (Å²) in [6.45, 7) is 0.139. The lowest BCUT2D eigenvalue weighted by Crippen LogP contribution is -2.33. The summed E-state index contributed by atoms with van der Waals surface area (Å²) in [6.07, 6.45) is 2.97. The Morgan fingerprint density at radius 3 is 2.50 bits per heavy atom. The van der Waals surface area contributed by atoms with Crippen molar-refractivity contribution in [3.63, 3.8) is 0 Å². The summed E-state index contributed by atoms with van der Waals surface area (Å²) >= 11 is 0. The highest BCUT2D eigenvalue weighted by atomic mass is 16.5. The van der Waals surface area contributed by atoms with E-state index in [0.29, 0.717) is 0 Å². The van der Waals surface area contributed by atoms with Crippen LogP contribution in [0.2, 0.25) is 0 Å². The van der Waals surface area contributed by atoms with Crippen LogP contribution < -0.4 is 0 Å². The minimum atomic E-state index is -0.336. The monoisotopic (exact) mass is 301 g/mol. The fourth-order valence-corrected chi connectivity index (χ4v) is 3.09. The third kappa shape index (κ3) is 3.18. The number of esters is 1. The van der Waals surface area contributed by atoms with Crippen molar-refractivity contribution in [3.8, 4) is 0 Å². The molecule has 1 saturated heterocycles. The van der Waals surface area contributed by atoms with Crippen LogP contribution in [0.4, 0.5) is 0 Å². The number of ether oxygens (including phenoxy) is 1. The smallest absolute Gasteiger partial charge is 0.307 e. The minimum absolute atomic E-state index is 0.0790. The van der Waals surface area contributed by atoms with Crippen molar-refractivity contribution < 1.29 is 19.1 Å². The highest BCUT2D eigenvalue weighted by Gasteiger charge is 2.29. The van der Waals surface area contributed by atoms with Gasteiger partial charge in [-0.2, -0.15) is 0 Å². The van der Waals surface area contributed by atoms with Gasteiger partial charge in [0.1, 0.15) is 6.10 Å². The van der Waals surface area contributed by atoms with Crippen molar-refractivity contribution in [2.75, 3.05) is 6.54 Å². The Labute approximate surface area is 129 Å². The van der Waals surface area contributed by atoms with E-state index in [1.165, 1.54) is 11.1 Å². The third-order valence-corrected chi connectivity index (χ3v) is 4.29. The highest BCUT2D eigenvalue weighted by Crippen LogP contribution is 2.23. The van der Waals surface area contributed by atoms with Gasteiger partial charge in [-0.25, -0.2) is 0 Å². The molecule has 0 radical (unpaired) electrons. The van der Waals surface area contributed by atoms with Crippen molar-refractivity contribution >= 4 is 17.8 Å². The molecule has 2 amide bonds. The summed E-state index contributed by atoms with van der Waals surface area (Å²) in [4.78, 5) is 36.0. The average Bonchev–Trinajstić information content (AvgIpc) is 2.84. The van der Waals surface area contributed by atoms with E-state index in [2.05, 4.69) is 12.1 Å². The zero-order valence-corrected chi connectivity index (χ0v) is 12.4. The molecule has 1 aromatic carbocycles. The lowest BCUT2D eigenvalue weighted by Gasteiger charge is -2.25. The van der Waals surface area contributed by atoms with E-state index in [9.17, 15) is 14.4 Å². The molecule has 116 valence electrons. The standard InChI is InChI=1S/C17H19NO4/c19-15-7-8-16(20)18(15)10-9-17(21)22-14-6-5-12-3-1-2-4-13(12)11-14/h1-4,14H,5-11H2. The molecule has 0 bridgehead atoms. The van der Waals surface area contributed by atoms with Crippen LogP contribution in [0, 0.1) is 0 Å². The van der Waals surface area contributed by atoms with Gasteiger partial charge in [0.05, 0.1) is 6.42 Å². The van der Waals surface area contributed by atoms with E-state index < -0.39 is 0 Å². The molecule has 0 spiro atoms. The van der Waals surface area contributed by atoms with Crippen LogP contribution in [0.3, 0.4) is 0 Å². The second kappa shape index (κ2) is 6.30. The van der Waals surface area contributed by atoms with Crippen molar-refractivity contribution in [3.05, 3.63) is 35.4 Å². The topological polar surface area (TPSA) is 63.7 Å². The molecule has 22 heavy (non-hydrogen) atoms. The Kier molecular flexibility index (Phi) is 4.22. The van der Waals surface area contributed by atoms with Gasteiger partial charge < -0.3 is 4.74 Å². The first-order valence-electron chi connectivity index (χ1n) is 7.73. The van der Waals surface area contributed by atoms with Crippen molar-refractivity contribution in [1.29, 1.82) is 0 Å². The van der Waals surface area contributed by atoms with E-state index in [1.807, 2.05) is 12.1 Å². The summed E-state index contributed by atoms with van der Waals surface area (Å²) < 4.78 is 5.49. The highest BCUT2D eigenvalue weighted by molar-refractivity contribution is 6.02. The SMILES string of the molecule is O=C(CCN1C(=O)CCC1=O)OC1CCc2ccccc2C1. The molecule has 1 atom stereocenters. The first-order chi connectivity index (χ1) is 10.6. The minimum Gasteiger partial charge on any atom is -0.462 e. The molecule has 0 N–H and O–H groups in total. The number of imide groups is 1. The number of amides is 2. The van der Waals surface area contributed by atoms with Gasteiger partial charge >= 0.3 is 5.97 Å². The fourth-order valence-electron chi connectivity index (χ4n) is 3.09. The molecule has 1 aliphatic heterocycles. The van der Waals surface area contributed by atoms with Crippen LogP contribution in [0.15, 0.2) is 24.3 Å². The Morgan fingerprint density at radius 2 is 1.77 bits per heavy atom. The van der Waals surface area contributed by atoms with E-state index in [-0.39, 0.29) is 49.7 Å². The third-order valence-electron chi connectivity index (χ3n) is 4.29. The van der Waals surface area contributed by atoms with Crippen LogP contribution in [0.5, 0.6) is 0 Å². The van der Waals surface area contributed by atoms with Crippen LogP contribution in [-0.2, 0) is 32.0 Å². The first-order valence-corrected chi connectivity index (χ1v) is 7.73. The Balaban J connectivity index is 1.49. The van der Waals surface area contributed by atoms with Gasteiger partial charge in [-0.15, -0.1) is 0 Å². The van der Waals surface area contributed by atoms with Gasteiger partial charge in [-0.1, -0.05) is 24.3 Å². The number of nitrogens with zero attached hydrogens (tertiary/aromatic N) is 1. The molecule has 3 rings (SSSR count). The number of likely N-dealkylation sites (tertiary alicyclic amines) is 1. The van der Waals surface area contributed by atoms with Gasteiger partial charge in [0.2, 0.25) is 11.8 Å². The van der Waals surface area contributed by atoms with Gasteiger partial charge in [0, 0.05) is 25.8 Å². The maximum Gasteiger partial charge on any atom is 0.307 e. The molecular weight excluding hydrogens is 282 g/mol. The van der Waals surface area contributed by atoms with E-state index in [0.717, 1.165) is 24.2 Å². The second-order valence-corrected chi connectivity index (χ2v) is 5.81. The molecular formula is C17H19NO4. The number of aryl methyl sites for hydroxylation is 1. The summed E-state index contributed by atoms with van der Waals surface area (Å²) in [7, 11) is 0. The molecule has 1 heterocycles. The Morgan fingerprint density at radius 1 is 1.09 bits per heavy atom. The van der Waals surface area contributed by atoms with E-state index >= 15 is 0 Å². The lowest BCUT2D eigenvalue weighted by atomic mass is 9.90. The number of hydrogen-bond acceptors (Lipinski definition) is 4. The molecule has 1 aliphatic carbocycles. The molecule has 1 aromatic rings. The lowest BCUT2D eigenvalue weighted by molar-refractivity contribution is -0.150. The molecule has 1 unspecified atom stereocenters. The number of rotatable bonds is 4. The van der Waals surface area contributed by atoms with Gasteiger partial charge in [0.25, 0.3) is 0 Å². The number of carbonyl (C=O) groups excluding carboxylic acids is 3. The normalized spacial score (nSPS) is 20.9. The second-order valence-electron chi connectivity index (χ2n) is 5.81. The molecule has 5 nitrogen and oxygen atoms in total. The van der Waals surface area contributed by atoms with Crippen molar-refractivity contribution in [1.82, 2.24) is 4.90 Å². The van der Waals surface area contributed by atoms with Gasteiger partial charge in [-0.3, -0.25) is 19.3 Å². The molecule has 0 aromatic heterocycles. The Hall–Kier alpha value is -2.17. The maximum atomic E-state index is 11.9. The molecule has 2 aliphatic rings. The zero-order chi connectivity index (χ0) is 15.5. The number of hydrogen-bond donors (Lipinski definition) is 0. The summed E-state index contributed by atoms with van der Waals surface area (Å²) in [5.74, 6) is -0.717. The fraction of sp³-hybridized carbons (Fsp3) is 0.471. The molecule has 1 fully saturated rings. The Bertz CT molecular complexity index is 594.